The molecular formula is C16H12F2N2O3S. The molecule has 5 nitrogen and oxygen atoms in total. The first-order chi connectivity index (χ1) is 11.3. The maximum absolute atomic E-state index is 14.3. The lowest BCUT2D eigenvalue weighted by molar-refractivity contribution is -0.0412. The number of carbonyl (C=O) groups is 1. The second kappa shape index (κ2) is 5.85. The SMILES string of the molecule is C[C@@H](O)C#Cc1ccc2c(c1)-c1nc(C(N)=O)sc1C(F)(F)CO2. The number of nitrogens with zero attached hydrogens (tertiary/aromatic N) is 1. The molecule has 0 spiro atoms. The summed E-state index contributed by atoms with van der Waals surface area (Å²) in [4.78, 5) is 14.9. The van der Waals surface area contributed by atoms with Gasteiger partial charge in [0.2, 0.25) is 0 Å². The standard InChI is InChI=1S/C16H12F2N2O3S/c1-8(21)2-3-9-4-5-11-10(6-9)12-13(16(17,18)7-23-11)24-15(20-12)14(19)22/h4-6,8,21H,7H2,1H3,(H2,19,22)/t8-/m1/s1. The fourth-order valence-electron chi connectivity index (χ4n) is 2.20. The summed E-state index contributed by atoms with van der Waals surface area (Å²) in [7, 11) is 0. The molecule has 1 amide bonds. The number of amides is 1. The van der Waals surface area contributed by atoms with Gasteiger partial charge in [-0.15, -0.1) is 11.3 Å². The van der Waals surface area contributed by atoms with Gasteiger partial charge in [-0.05, 0) is 25.1 Å². The molecule has 3 N–H and O–H groups in total. The van der Waals surface area contributed by atoms with E-state index in [1.54, 1.807) is 6.07 Å². The number of fused-ring (bicyclic) bond motifs is 3. The van der Waals surface area contributed by atoms with E-state index in [4.69, 9.17) is 10.5 Å². The van der Waals surface area contributed by atoms with Crippen molar-refractivity contribution in [3.8, 4) is 28.8 Å². The third-order valence-electron chi connectivity index (χ3n) is 3.24. The predicted octanol–water partition coefficient (Wildman–Crippen LogP) is 2.13. The summed E-state index contributed by atoms with van der Waals surface area (Å²) in [6.45, 7) is 0.657. The van der Waals surface area contributed by atoms with Gasteiger partial charge in [0, 0.05) is 11.1 Å². The van der Waals surface area contributed by atoms with Crippen LogP contribution in [0.5, 0.6) is 5.75 Å². The lowest BCUT2D eigenvalue weighted by atomic mass is 10.1. The van der Waals surface area contributed by atoms with Crippen molar-refractivity contribution in [1.82, 2.24) is 4.98 Å². The zero-order valence-electron chi connectivity index (χ0n) is 12.5. The summed E-state index contributed by atoms with van der Waals surface area (Å²) in [6.07, 6.45) is -0.819. The van der Waals surface area contributed by atoms with Gasteiger partial charge in [0.05, 0.1) is 5.69 Å². The van der Waals surface area contributed by atoms with E-state index >= 15 is 0 Å². The van der Waals surface area contributed by atoms with Crippen molar-refractivity contribution < 1.29 is 23.4 Å². The number of ether oxygens (including phenoxy) is 1. The van der Waals surface area contributed by atoms with Gasteiger partial charge in [0.25, 0.3) is 5.91 Å². The molecule has 0 fully saturated rings. The number of aliphatic hydroxyl groups is 1. The van der Waals surface area contributed by atoms with E-state index in [9.17, 15) is 18.7 Å². The number of carbonyl (C=O) groups excluding carboxylic acids is 1. The Hall–Kier alpha value is -2.50. The minimum Gasteiger partial charge on any atom is -0.486 e. The molecule has 124 valence electrons. The van der Waals surface area contributed by atoms with Gasteiger partial charge in [-0.1, -0.05) is 11.8 Å². The van der Waals surface area contributed by atoms with E-state index in [-0.39, 0.29) is 21.3 Å². The molecule has 0 saturated carbocycles. The van der Waals surface area contributed by atoms with Crippen LogP contribution < -0.4 is 10.5 Å². The number of halogens is 2. The first kappa shape index (κ1) is 16.4. The van der Waals surface area contributed by atoms with E-state index in [0.717, 1.165) is 0 Å². The molecular weight excluding hydrogens is 338 g/mol. The summed E-state index contributed by atoms with van der Waals surface area (Å²) in [5.74, 6) is 1.38. The minimum absolute atomic E-state index is 0.0352. The highest BCUT2D eigenvalue weighted by Crippen LogP contribution is 2.46. The van der Waals surface area contributed by atoms with Crippen molar-refractivity contribution >= 4 is 17.2 Å². The van der Waals surface area contributed by atoms with Crippen LogP contribution in [0.15, 0.2) is 18.2 Å². The second-order valence-electron chi connectivity index (χ2n) is 5.21. The molecule has 0 bridgehead atoms. The lowest BCUT2D eigenvalue weighted by Crippen LogP contribution is -2.20. The molecule has 2 heterocycles. The van der Waals surface area contributed by atoms with E-state index in [1.165, 1.54) is 19.1 Å². The van der Waals surface area contributed by atoms with Crippen LogP contribution in [-0.4, -0.2) is 28.7 Å². The number of aliphatic hydroxyl groups excluding tert-OH is 1. The fraction of sp³-hybridized carbons (Fsp3) is 0.250. The molecule has 1 aliphatic rings. The van der Waals surface area contributed by atoms with Crippen LogP contribution >= 0.6 is 11.3 Å². The molecule has 0 radical (unpaired) electrons. The highest BCUT2D eigenvalue weighted by Gasteiger charge is 2.42. The van der Waals surface area contributed by atoms with Crippen molar-refractivity contribution in [1.29, 1.82) is 0 Å². The van der Waals surface area contributed by atoms with Gasteiger partial charge in [-0.2, -0.15) is 8.78 Å². The summed E-state index contributed by atoms with van der Waals surface area (Å²) in [5, 5.41) is 9.04. The molecule has 8 heteroatoms. The minimum atomic E-state index is -3.29. The van der Waals surface area contributed by atoms with Crippen molar-refractivity contribution in [3.63, 3.8) is 0 Å². The second-order valence-corrected chi connectivity index (χ2v) is 6.21. The van der Waals surface area contributed by atoms with Gasteiger partial charge in [0.15, 0.2) is 11.6 Å². The number of primary amides is 1. The zero-order valence-corrected chi connectivity index (χ0v) is 13.3. The molecule has 2 aromatic rings. The number of rotatable bonds is 1. The third-order valence-corrected chi connectivity index (χ3v) is 4.42. The molecule has 0 saturated heterocycles. The highest BCUT2D eigenvalue weighted by molar-refractivity contribution is 7.14. The van der Waals surface area contributed by atoms with Gasteiger partial charge in [-0.25, -0.2) is 4.98 Å². The van der Waals surface area contributed by atoms with Crippen molar-refractivity contribution in [3.05, 3.63) is 33.6 Å². The molecule has 1 aromatic heterocycles. The summed E-state index contributed by atoms with van der Waals surface area (Å²) in [6, 6.07) is 4.64. The Labute approximate surface area is 140 Å². The Balaban J connectivity index is 2.20. The molecule has 24 heavy (non-hydrogen) atoms. The average Bonchev–Trinajstić information content (AvgIpc) is 2.94. The lowest BCUT2D eigenvalue weighted by Gasteiger charge is -2.12. The van der Waals surface area contributed by atoms with Gasteiger partial charge >= 0.3 is 5.92 Å². The molecule has 1 aliphatic heterocycles. The largest absolute Gasteiger partial charge is 0.486 e. The number of hydrogen-bond acceptors (Lipinski definition) is 5. The number of benzene rings is 1. The maximum Gasteiger partial charge on any atom is 0.317 e. The Kier molecular flexibility index (Phi) is 3.99. The number of thiazole rings is 1. The molecule has 1 atom stereocenters. The molecule has 3 rings (SSSR count). The quantitative estimate of drug-likeness (QED) is 0.772. The average molecular weight is 350 g/mol. The summed E-state index contributed by atoms with van der Waals surface area (Å²) >= 11 is 0.560. The van der Waals surface area contributed by atoms with E-state index in [0.29, 0.717) is 22.5 Å². The van der Waals surface area contributed by atoms with Gasteiger partial charge in [-0.3, -0.25) is 4.79 Å². The Morgan fingerprint density at radius 3 is 2.96 bits per heavy atom. The van der Waals surface area contributed by atoms with Crippen molar-refractivity contribution in [2.24, 2.45) is 5.73 Å². The highest BCUT2D eigenvalue weighted by atomic mass is 32.1. The van der Waals surface area contributed by atoms with E-state index in [1.807, 2.05) is 0 Å². The van der Waals surface area contributed by atoms with Gasteiger partial charge < -0.3 is 15.6 Å². The van der Waals surface area contributed by atoms with Crippen molar-refractivity contribution in [2.45, 2.75) is 19.0 Å². The maximum atomic E-state index is 14.3. The number of aromatic nitrogens is 1. The monoisotopic (exact) mass is 350 g/mol. The van der Waals surface area contributed by atoms with Crippen LogP contribution in [0, 0.1) is 11.8 Å². The number of alkyl halides is 2. The van der Waals surface area contributed by atoms with Crippen molar-refractivity contribution in [2.75, 3.05) is 6.61 Å². The first-order valence-electron chi connectivity index (χ1n) is 6.93. The van der Waals surface area contributed by atoms with E-state index in [2.05, 4.69) is 16.8 Å². The first-order valence-corrected chi connectivity index (χ1v) is 7.75. The zero-order chi connectivity index (χ0) is 17.5. The van der Waals surface area contributed by atoms with E-state index < -0.39 is 24.5 Å². The number of nitrogens with two attached hydrogens (primary N) is 1. The van der Waals surface area contributed by atoms with Crippen LogP contribution in [0.3, 0.4) is 0 Å². The molecule has 0 unspecified atom stereocenters. The van der Waals surface area contributed by atoms with Crippen LogP contribution in [0.25, 0.3) is 11.3 Å². The summed E-state index contributed by atoms with van der Waals surface area (Å²) in [5.41, 5.74) is 5.94. The topological polar surface area (TPSA) is 85.4 Å². The Bertz CT molecular complexity index is 881. The third kappa shape index (κ3) is 2.96. The normalized spacial score (nSPS) is 15.8. The summed E-state index contributed by atoms with van der Waals surface area (Å²) < 4.78 is 33.8. The molecule has 0 aliphatic carbocycles. The number of hydrogen-bond donors (Lipinski definition) is 2. The smallest absolute Gasteiger partial charge is 0.317 e. The fourth-order valence-corrected chi connectivity index (χ4v) is 3.09. The van der Waals surface area contributed by atoms with Crippen LogP contribution in [0.1, 0.15) is 27.2 Å². The van der Waals surface area contributed by atoms with Crippen LogP contribution in [0.4, 0.5) is 8.78 Å². The van der Waals surface area contributed by atoms with Gasteiger partial charge in [0.1, 0.15) is 16.7 Å². The molecule has 1 aromatic carbocycles. The van der Waals surface area contributed by atoms with Crippen LogP contribution in [-0.2, 0) is 5.92 Å². The van der Waals surface area contributed by atoms with Crippen LogP contribution in [0.2, 0.25) is 0 Å². The Morgan fingerprint density at radius 2 is 2.29 bits per heavy atom. The predicted molar refractivity (Wildman–Crippen MR) is 84.0 cm³/mol. The Morgan fingerprint density at radius 1 is 1.54 bits per heavy atom.